The van der Waals surface area contributed by atoms with Crippen LogP contribution in [0.2, 0.25) is 20.1 Å². The van der Waals surface area contributed by atoms with Crippen molar-refractivity contribution in [1.29, 1.82) is 0 Å². The monoisotopic (exact) mass is 1050 g/mol. The fourth-order valence-corrected chi connectivity index (χ4v) is 7.22. The van der Waals surface area contributed by atoms with Gasteiger partial charge in [-0.25, -0.2) is 0 Å². The number of ketones is 2. The van der Waals surface area contributed by atoms with Gasteiger partial charge in [0, 0.05) is 22.5 Å². The van der Waals surface area contributed by atoms with Crippen molar-refractivity contribution in [2.24, 2.45) is 20.5 Å². The van der Waals surface area contributed by atoms with Crippen LogP contribution in [0.15, 0.2) is 105 Å². The minimum Gasteiger partial charge on any atom is -0.323 e. The van der Waals surface area contributed by atoms with Crippen LogP contribution in [-0.4, -0.2) is 47.3 Å². The van der Waals surface area contributed by atoms with E-state index in [1.807, 2.05) is 0 Å². The Balaban J connectivity index is 1.30. The van der Waals surface area contributed by atoms with E-state index in [-0.39, 0.29) is 65.3 Å². The van der Waals surface area contributed by atoms with Gasteiger partial charge in [-0.1, -0.05) is 60.3 Å². The first-order valence-corrected chi connectivity index (χ1v) is 21.9. The molecule has 0 aliphatic carbocycles. The molecular formula is C46H36Cl4F6N8O6. The summed E-state index contributed by atoms with van der Waals surface area (Å²) in [5, 5.41) is 25.0. The molecule has 4 N–H and O–H groups in total. The normalized spacial score (nSPS) is 12.7. The van der Waals surface area contributed by atoms with E-state index in [1.54, 1.807) is 13.8 Å². The smallest absolute Gasteiger partial charge is 0.323 e. The lowest BCUT2D eigenvalue weighted by molar-refractivity contribution is -0.138. The highest BCUT2D eigenvalue weighted by molar-refractivity contribution is 6.35. The van der Waals surface area contributed by atoms with Gasteiger partial charge in [-0.2, -0.15) is 46.8 Å². The van der Waals surface area contributed by atoms with Crippen molar-refractivity contribution in [3.8, 4) is 0 Å². The molecule has 5 aromatic carbocycles. The number of halogens is 10. The first-order chi connectivity index (χ1) is 32.8. The Morgan fingerprint density at radius 2 is 0.829 bits per heavy atom. The molecule has 14 nitrogen and oxygen atoms in total. The lowest BCUT2D eigenvalue weighted by Crippen LogP contribution is -2.33. The van der Waals surface area contributed by atoms with Crippen molar-refractivity contribution in [1.82, 2.24) is 0 Å². The van der Waals surface area contributed by atoms with E-state index < -0.39 is 70.8 Å². The minimum absolute atomic E-state index is 0.0340. The third kappa shape index (κ3) is 13.5. The molecular weight excluding hydrogens is 1020 g/mol. The quantitative estimate of drug-likeness (QED) is 0.0430. The molecule has 2 atom stereocenters. The molecule has 0 aliphatic rings. The number of nitrogens with one attached hydrogen (secondary N) is 4. The van der Waals surface area contributed by atoms with Gasteiger partial charge >= 0.3 is 12.4 Å². The number of carbonyl (C=O) groups excluding carboxylic acids is 6. The molecule has 366 valence electrons. The summed E-state index contributed by atoms with van der Waals surface area (Å²) in [6, 6.07) is 11.7. The molecule has 0 heterocycles. The van der Waals surface area contributed by atoms with Crippen molar-refractivity contribution < 1.29 is 55.1 Å². The molecule has 0 aliphatic heterocycles. The van der Waals surface area contributed by atoms with Gasteiger partial charge in [0.05, 0.1) is 42.6 Å². The van der Waals surface area contributed by atoms with E-state index in [9.17, 15) is 55.1 Å². The van der Waals surface area contributed by atoms with Gasteiger partial charge in [-0.05, 0) is 123 Å². The summed E-state index contributed by atoms with van der Waals surface area (Å²) < 4.78 is 78.5. The molecule has 24 heteroatoms. The zero-order valence-electron chi connectivity index (χ0n) is 36.7. The minimum atomic E-state index is -4.66. The number of anilines is 4. The maximum absolute atomic E-state index is 13.6. The third-order valence-electron chi connectivity index (χ3n) is 9.99. The highest BCUT2D eigenvalue weighted by Crippen LogP contribution is 2.37. The van der Waals surface area contributed by atoms with Crippen molar-refractivity contribution >= 4 is 116 Å². The van der Waals surface area contributed by atoms with Crippen LogP contribution in [0.1, 0.15) is 70.7 Å². The van der Waals surface area contributed by atoms with Crippen molar-refractivity contribution in [3.05, 3.63) is 138 Å². The molecule has 0 bridgehead atoms. The summed E-state index contributed by atoms with van der Waals surface area (Å²) in [5.41, 5.74) is -1.16. The molecule has 0 spiro atoms. The number of amides is 4. The first-order valence-electron chi connectivity index (χ1n) is 20.4. The molecule has 0 saturated carbocycles. The molecule has 70 heavy (non-hydrogen) atoms. The highest BCUT2D eigenvalue weighted by atomic mass is 35.5. The molecule has 0 aromatic heterocycles. The zero-order chi connectivity index (χ0) is 51.8. The number of azo groups is 2. The van der Waals surface area contributed by atoms with Gasteiger partial charge < -0.3 is 21.3 Å². The van der Waals surface area contributed by atoms with E-state index in [0.29, 0.717) is 36.1 Å². The Kier molecular flexibility index (Phi) is 17.6. The number of benzene rings is 5. The van der Waals surface area contributed by atoms with Gasteiger partial charge in [-0.3, -0.25) is 28.8 Å². The summed E-state index contributed by atoms with van der Waals surface area (Å²) >= 11 is 24.5. The standard InChI is InChI=1S/C46H36Cl4F6N8O6/c1-5-27-28(6-2)34(58-44(70)40(22(4)66)64-62-38-18-24(8-12-30(38)48)42(68)60-36-14-10-26(20-32(36)50)46(54,55)56)16-15-33(27)57-43(69)39(21(3)65)63-61-37-17-23(7-11-29(37)47)41(67)59-35-13-9-25(19-31(35)49)45(51,52)53/h7-20,39-40H,5-6H2,1-4H3,(H,57,69)(H,58,70)(H,59,67)(H,60,68). The summed E-state index contributed by atoms with van der Waals surface area (Å²) in [5.74, 6) is -4.89. The fraction of sp³-hybridized carbons (Fsp3) is 0.217. The Labute approximate surface area is 414 Å². The Hall–Kier alpha value is -6.74. The van der Waals surface area contributed by atoms with Crippen molar-refractivity contribution in [2.45, 2.75) is 65.0 Å². The average molecular weight is 1050 g/mol. The van der Waals surface area contributed by atoms with Gasteiger partial charge in [0.15, 0.2) is 11.6 Å². The molecule has 0 fully saturated rings. The van der Waals surface area contributed by atoms with Crippen LogP contribution in [0.4, 0.5) is 60.5 Å². The average Bonchev–Trinajstić information content (AvgIpc) is 3.28. The molecule has 4 amide bonds. The second-order valence-electron chi connectivity index (χ2n) is 14.9. The van der Waals surface area contributed by atoms with Gasteiger partial charge in [0.2, 0.25) is 12.1 Å². The third-order valence-corrected chi connectivity index (χ3v) is 11.3. The van der Waals surface area contributed by atoms with E-state index in [4.69, 9.17) is 46.4 Å². The van der Waals surface area contributed by atoms with E-state index in [1.165, 1.54) is 48.5 Å². The van der Waals surface area contributed by atoms with Crippen molar-refractivity contribution in [3.63, 3.8) is 0 Å². The summed E-state index contributed by atoms with van der Waals surface area (Å²) in [6.07, 6.45) is -8.74. The lowest BCUT2D eigenvalue weighted by Gasteiger charge is -2.20. The maximum Gasteiger partial charge on any atom is 0.416 e. The SMILES string of the molecule is CCc1c(NC(=O)C(N=Nc2cc(C(=O)Nc3ccc(C(F)(F)F)cc3Cl)ccc2Cl)C(C)=O)ccc(NC(=O)C(N=Nc2cc(C(=O)Nc3ccc(C(F)(F)F)cc3Cl)ccc2Cl)C(C)=O)c1CC. The van der Waals surface area contributed by atoms with Crippen LogP contribution < -0.4 is 21.3 Å². The largest absolute Gasteiger partial charge is 0.416 e. The molecule has 5 aromatic rings. The first kappa shape index (κ1) is 54.2. The Morgan fingerprint density at radius 3 is 1.13 bits per heavy atom. The summed E-state index contributed by atoms with van der Waals surface area (Å²) in [6.45, 7) is 5.70. The van der Waals surface area contributed by atoms with Gasteiger partial charge in [0.25, 0.3) is 23.6 Å². The maximum atomic E-state index is 13.6. The number of Topliss-reactive ketones (excluding diaryl/α,β-unsaturated/α-hetero) is 2. The molecule has 2 unspecified atom stereocenters. The van der Waals surface area contributed by atoms with Crippen LogP contribution in [0.25, 0.3) is 0 Å². The second-order valence-corrected chi connectivity index (χ2v) is 16.5. The van der Waals surface area contributed by atoms with Crippen LogP contribution in [0.5, 0.6) is 0 Å². The summed E-state index contributed by atoms with van der Waals surface area (Å²) in [7, 11) is 0. The van der Waals surface area contributed by atoms with E-state index in [0.717, 1.165) is 38.1 Å². The number of alkyl halides is 6. The predicted octanol–water partition coefficient (Wildman–Crippen LogP) is 13.3. The number of carbonyl (C=O) groups is 6. The van der Waals surface area contributed by atoms with Crippen LogP contribution in [0.3, 0.4) is 0 Å². The number of rotatable bonds is 16. The van der Waals surface area contributed by atoms with Crippen molar-refractivity contribution in [2.75, 3.05) is 21.3 Å². The van der Waals surface area contributed by atoms with E-state index >= 15 is 0 Å². The van der Waals surface area contributed by atoms with Crippen LogP contribution >= 0.6 is 46.4 Å². The Morgan fingerprint density at radius 1 is 0.486 bits per heavy atom. The molecule has 5 rings (SSSR count). The number of nitrogens with zero attached hydrogens (tertiary/aromatic N) is 4. The van der Waals surface area contributed by atoms with Gasteiger partial charge in [-0.15, -0.1) is 0 Å². The topological polar surface area (TPSA) is 200 Å². The molecule has 0 saturated heterocycles. The van der Waals surface area contributed by atoms with Gasteiger partial charge in [0.1, 0.15) is 11.4 Å². The van der Waals surface area contributed by atoms with Crippen LogP contribution in [-0.2, 0) is 44.4 Å². The number of hydrogen-bond acceptors (Lipinski definition) is 10. The Bertz CT molecular complexity index is 2770. The fourth-order valence-electron chi connectivity index (χ4n) is 6.45. The molecule has 0 radical (unpaired) electrons. The highest BCUT2D eigenvalue weighted by Gasteiger charge is 2.33. The van der Waals surface area contributed by atoms with E-state index in [2.05, 4.69) is 41.7 Å². The number of hydrogen-bond donors (Lipinski definition) is 4. The zero-order valence-corrected chi connectivity index (χ0v) is 39.7. The predicted molar refractivity (Wildman–Crippen MR) is 252 cm³/mol. The summed E-state index contributed by atoms with van der Waals surface area (Å²) in [4.78, 5) is 78.7. The lowest BCUT2D eigenvalue weighted by atomic mass is 9.98. The second kappa shape index (κ2) is 22.8. The van der Waals surface area contributed by atoms with Crippen LogP contribution in [0, 0.1) is 0 Å².